The predicted octanol–water partition coefficient (Wildman–Crippen LogP) is 1.85. The molecule has 3 rings (SSSR count). The molecule has 0 aromatic rings. The van der Waals surface area contributed by atoms with Gasteiger partial charge in [-0.2, -0.15) is 0 Å². The number of hydrogen-bond donors (Lipinski definition) is 1. The molecule has 2 saturated carbocycles. The third kappa shape index (κ3) is 3.03. The van der Waals surface area contributed by atoms with E-state index >= 15 is 0 Å². The van der Waals surface area contributed by atoms with E-state index < -0.39 is 0 Å². The van der Waals surface area contributed by atoms with E-state index in [-0.39, 0.29) is 5.79 Å². The minimum Gasteiger partial charge on any atom is -0.347 e. The van der Waals surface area contributed by atoms with E-state index in [2.05, 4.69) is 31.1 Å². The largest absolute Gasteiger partial charge is 0.347 e. The minimum absolute atomic E-state index is 0.278. The molecule has 2 aliphatic carbocycles. The summed E-state index contributed by atoms with van der Waals surface area (Å²) in [5.41, 5.74) is 0. The first-order valence-corrected chi connectivity index (χ1v) is 8.35. The van der Waals surface area contributed by atoms with Gasteiger partial charge in [0.2, 0.25) is 0 Å². The van der Waals surface area contributed by atoms with Crippen LogP contribution in [0.1, 0.15) is 39.5 Å². The minimum atomic E-state index is -0.278. The van der Waals surface area contributed by atoms with Gasteiger partial charge in [0, 0.05) is 31.5 Å². The Morgan fingerprint density at radius 3 is 2.60 bits per heavy atom. The predicted molar refractivity (Wildman–Crippen MR) is 79.6 cm³/mol. The standard InChI is InChI=1S/C16H30N2O2/c1-4-17-14-5-6-16(19-7-8-20-16)10-15(14)18(3)11-13-9-12(13)2/h12-15,17H,4-11H2,1-3H3. The smallest absolute Gasteiger partial charge is 0.170 e. The zero-order chi connectivity index (χ0) is 14.2. The van der Waals surface area contributed by atoms with Crippen molar-refractivity contribution in [3.05, 3.63) is 0 Å². The molecule has 1 spiro atoms. The number of nitrogens with zero attached hydrogens (tertiary/aromatic N) is 1. The molecule has 0 aromatic carbocycles. The Balaban J connectivity index is 1.64. The number of hydrogen-bond acceptors (Lipinski definition) is 4. The molecule has 0 radical (unpaired) electrons. The van der Waals surface area contributed by atoms with Crippen LogP contribution >= 0.6 is 0 Å². The highest BCUT2D eigenvalue weighted by Gasteiger charge is 2.47. The molecule has 0 amide bonds. The number of likely N-dealkylation sites (N-methyl/N-ethyl adjacent to an activating group) is 2. The molecule has 1 aliphatic heterocycles. The van der Waals surface area contributed by atoms with Crippen LogP contribution in [0.3, 0.4) is 0 Å². The molecule has 4 atom stereocenters. The first-order chi connectivity index (χ1) is 9.63. The molecule has 0 bridgehead atoms. The summed E-state index contributed by atoms with van der Waals surface area (Å²) in [7, 11) is 2.29. The van der Waals surface area contributed by atoms with E-state index in [9.17, 15) is 0 Å². The molecule has 0 aromatic heterocycles. The molecular weight excluding hydrogens is 252 g/mol. The van der Waals surface area contributed by atoms with E-state index in [0.29, 0.717) is 12.1 Å². The molecule has 1 N–H and O–H groups in total. The van der Waals surface area contributed by atoms with Crippen molar-refractivity contribution in [3.63, 3.8) is 0 Å². The van der Waals surface area contributed by atoms with Crippen molar-refractivity contribution >= 4 is 0 Å². The quantitative estimate of drug-likeness (QED) is 0.834. The lowest BCUT2D eigenvalue weighted by molar-refractivity contribution is -0.192. The molecule has 116 valence electrons. The SMILES string of the molecule is CCNC1CCC2(CC1N(C)CC1CC1C)OCCO2. The average molecular weight is 282 g/mol. The van der Waals surface area contributed by atoms with Crippen LogP contribution in [0.5, 0.6) is 0 Å². The Kier molecular flexibility index (Phi) is 4.37. The van der Waals surface area contributed by atoms with Gasteiger partial charge in [0.25, 0.3) is 0 Å². The van der Waals surface area contributed by atoms with Crippen LogP contribution in [-0.4, -0.2) is 56.1 Å². The summed E-state index contributed by atoms with van der Waals surface area (Å²) in [4.78, 5) is 2.56. The van der Waals surface area contributed by atoms with Gasteiger partial charge < -0.3 is 19.7 Å². The molecule has 20 heavy (non-hydrogen) atoms. The van der Waals surface area contributed by atoms with Crippen molar-refractivity contribution in [2.45, 2.75) is 57.4 Å². The van der Waals surface area contributed by atoms with Crippen LogP contribution in [0.15, 0.2) is 0 Å². The fourth-order valence-electron chi connectivity index (χ4n) is 4.01. The summed E-state index contributed by atoms with van der Waals surface area (Å²) < 4.78 is 11.9. The highest BCUT2D eigenvalue weighted by atomic mass is 16.7. The monoisotopic (exact) mass is 282 g/mol. The third-order valence-corrected chi connectivity index (χ3v) is 5.47. The lowest BCUT2D eigenvalue weighted by Crippen LogP contribution is -2.57. The molecule has 4 nitrogen and oxygen atoms in total. The van der Waals surface area contributed by atoms with Crippen LogP contribution in [0.25, 0.3) is 0 Å². The molecular formula is C16H30N2O2. The van der Waals surface area contributed by atoms with E-state index in [4.69, 9.17) is 9.47 Å². The van der Waals surface area contributed by atoms with Crippen molar-refractivity contribution < 1.29 is 9.47 Å². The number of nitrogens with one attached hydrogen (secondary N) is 1. The first-order valence-electron chi connectivity index (χ1n) is 8.35. The maximum absolute atomic E-state index is 5.95. The Bertz CT molecular complexity index is 330. The van der Waals surface area contributed by atoms with Crippen LogP contribution in [0.2, 0.25) is 0 Å². The summed E-state index contributed by atoms with van der Waals surface area (Å²) >= 11 is 0. The van der Waals surface area contributed by atoms with Crippen LogP contribution < -0.4 is 5.32 Å². The molecule has 4 heteroatoms. The molecule has 3 fully saturated rings. The van der Waals surface area contributed by atoms with Gasteiger partial charge in [-0.05, 0) is 38.3 Å². The normalized spacial score (nSPS) is 39.6. The van der Waals surface area contributed by atoms with E-state index in [1.807, 2.05) is 0 Å². The summed E-state index contributed by atoms with van der Waals surface area (Å²) in [6, 6.07) is 1.12. The lowest BCUT2D eigenvalue weighted by atomic mass is 9.84. The zero-order valence-electron chi connectivity index (χ0n) is 13.2. The fourth-order valence-corrected chi connectivity index (χ4v) is 4.01. The summed E-state index contributed by atoms with van der Waals surface area (Å²) in [5.74, 6) is 1.55. The summed E-state index contributed by atoms with van der Waals surface area (Å²) in [5, 5.41) is 3.67. The summed E-state index contributed by atoms with van der Waals surface area (Å²) in [6.07, 6.45) is 4.61. The van der Waals surface area contributed by atoms with Gasteiger partial charge in [0.1, 0.15) is 0 Å². The lowest BCUT2D eigenvalue weighted by Gasteiger charge is -2.45. The average Bonchev–Trinajstić information content (AvgIpc) is 2.94. The van der Waals surface area contributed by atoms with Gasteiger partial charge in [-0.25, -0.2) is 0 Å². The van der Waals surface area contributed by atoms with Gasteiger partial charge in [0.05, 0.1) is 13.2 Å². The second-order valence-electron chi connectivity index (χ2n) is 6.99. The maximum Gasteiger partial charge on any atom is 0.170 e. The highest BCUT2D eigenvalue weighted by Crippen LogP contribution is 2.41. The van der Waals surface area contributed by atoms with Crippen molar-refractivity contribution in [2.24, 2.45) is 11.8 Å². The van der Waals surface area contributed by atoms with Crippen LogP contribution in [-0.2, 0) is 9.47 Å². The molecule has 1 saturated heterocycles. The Labute approximate surface area is 123 Å². The van der Waals surface area contributed by atoms with Gasteiger partial charge in [-0.15, -0.1) is 0 Å². The van der Waals surface area contributed by atoms with Gasteiger partial charge >= 0.3 is 0 Å². The van der Waals surface area contributed by atoms with Crippen LogP contribution in [0, 0.1) is 11.8 Å². The van der Waals surface area contributed by atoms with Gasteiger partial charge in [-0.3, -0.25) is 0 Å². The van der Waals surface area contributed by atoms with E-state index in [1.165, 1.54) is 13.0 Å². The molecule has 1 heterocycles. The first kappa shape index (κ1) is 14.8. The van der Waals surface area contributed by atoms with Crippen molar-refractivity contribution in [2.75, 3.05) is 33.4 Å². The van der Waals surface area contributed by atoms with Crippen molar-refractivity contribution in [1.29, 1.82) is 0 Å². The summed E-state index contributed by atoms with van der Waals surface area (Å²) in [6.45, 7) is 8.37. The number of rotatable bonds is 5. The third-order valence-electron chi connectivity index (χ3n) is 5.47. The van der Waals surface area contributed by atoms with Gasteiger partial charge in [0.15, 0.2) is 5.79 Å². The molecule has 3 aliphatic rings. The van der Waals surface area contributed by atoms with Gasteiger partial charge in [-0.1, -0.05) is 13.8 Å². The topological polar surface area (TPSA) is 33.7 Å². The fraction of sp³-hybridized carbons (Fsp3) is 1.00. The van der Waals surface area contributed by atoms with Crippen molar-refractivity contribution in [1.82, 2.24) is 10.2 Å². The second kappa shape index (κ2) is 5.91. The molecule has 4 unspecified atom stereocenters. The number of ether oxygens (including phenoxy) is 2. The Morgan fingerprint density at radius 2 is 2.00 bits per heavy atom. The van der Waals surface area contributed by atoms with E-state index in [0.717, 1.165) is 50.9 Å². The van der Waals surface area contributed by atoms with Crippen molar-refractivity contribution in [3.8, 4) is 0 Å². The Morgan fingerprint density at radius 1 is 1.30 bits per heavy atom. The van der Waals surface area contributed by atoms with E-state index in [1.54, 1.807) is 0 Å². The van der Waals surface area contributed by atoms with Crippen LogP contribution in [0.4, 0.5) is 0 Å². The second-order valence-corrected chi connectivity index (χ2v) is 6.99. The highest BCUT2D eigenvalue weighted by molar-refractivity contribution is 4.97. The Hall–Kier alpha value is -0.160. The zero-order valence-corrected chi connectivity index (χ0v) is 13.2. The maximum atomic E-state index is 5.95.